The molecule has 190 valence electrons. The van der Waals surface area contributed by atoms with Crippen LogP contribution in [0.15, 0.2) is 30.5 Å². The summed E-state index contributed by atoms with van der Waals surface area (Å²) in [6.07, 6.45) is 12.2. The van der Waals surface area contributed by atoms with Crippen LogP contribution in [-0.2, 0) is 16.1 Å². The average Bonchev–Trinajstić information content (AvgIpc) is 3.42. The highest BCUT2D eigenvalue weighted by Crippen LogP contribution is 2.64. The molecule has 0 amide bonds. The van der Waals surface area contributed by atoms with Crippen LogP contribution in [0.3, 0.4) is 0 Å². The molecule has 1 aromatic heterocycles. The number of nitrogens with zero attached hydrogens (tertiary/aromatic N) is 2. The standard InChI is InChI=1S/C30H42N2O3/c1-3-35-19-30(34)15-13-22-20(16-30)8-9-24-23(22)12-14-29(2)25(24)10-11-26(29)28(33)18-32-17-21-6-4-5-7-27(21)31-32/h4-7,17,20,22-26,34H,3,8-16,18-19H2,1-2H3/t20-,22+,23-,24-,25+,26-,29+,30-/m1/s1. The predicted octanol–water partition coefficient (Wildman–Crippen LogP) is 5.64. The van der Waals surface area contributed by atoms with Crippen molar-refractivity contribution in [2.24, 2.45) is 40.9 Å². The van der Waals surface area contributed by atoms with Crippen LogP contribution >= 0.6 is 0 Å². The average molecular weight is 479 g/mol. The second kappa shape index (κ2) is 8.99. The summed E-state index contributed by atoms with van der Waals surface area (Å²) < 4.78 is 7.51. The summed E-state index contributed by atoms with van der Waals surface area (Å²) in [7, 11) is 0. The highest BCUT2D eigenvalue weighted by Gasteiger charge is 2.59. The zero-order valence-electron chi connectivity index (χ0n) is 21.5. The third-order valence-electron chi connectivity index (χ3n) is 10.8. The number of Topliss-reactive ketones (excluding diaryl/α,β-unsaturated/α-hetero) is 1. The van der Waals surface area contributed by atoms with E-state index in [9.17, 15) is 9.90 Å². The lowest BCUT2D eigenvalue weighted by Gasteiger charge is -2.57. The number of ketones is 1. The van der Waals surface area contributed by atoms with Crippen LogP contribution < -0.4 is 0 Å². The van der Waals surface area contributed by atoms with Crippen LogP contribution in [0.25, 0.3) is 10.9 Å². The molecule has 1 N–H and O–H groups in total. The first-order chi connectivity index (χ1) is 16.9. The van der Waals surface area contributed by atoms with Crippen molar-refractivity contribution in [2.75, 3.05) is 13.2 Å². The summed E-state index contributed by atoms with van der Waals surface area (Å²) >= 11 is 0. The van der Waals surface area contributed by atoms with E-state index in [1.54, 1.807) is 0 Å². The number of hydrogen-bond acceptors (Lipinski definition) is 4. The molecule has 4 fully saturated rings. The van der Waals surface area contributed by atoms with Crippen molar-refractivity contribution in [3.8, 4) is 0 Å². The SMILES string of the molecule is CCOC[C@@]1(O)CC[C@H]2[C@H](CC[C@@H]3[C@@H]2CC[C@]2(C)[C@@H](C(=O)Cn4cc5ccccc5n4)CC[C@@H]32)C1. The van der Waals surface area contributed by atoms with Crippen molar-refractivity contribution < 1.29 is 14.6 Å². The lowest BCUT2D eigenvalue weighted by Crippen LogP contribution is -2.52. The second-order valence-electron chi connectivity index (χ2n) is 12.6. The Morgan fingerprint density at radius 3 is 2.74 bits per heavy atom. The summed E-state index contributed by atoms with van der Waals surface area (Å²) in [6, 6.07) is 8.11. The maximum absolute atomic E-state index is 13.6. The monoisotopic (exact) mass is 478 g/mol. The van der Waals surface area contributed by atoms with Crippen LogP contribution in [0.1, 0.15) is 71.6 Å². The van der Waals surface area contributed by atoms with Gasteiger partial charge in [0.25, 0.3) is 0 Å². The van der Waals surface area contributed by atoms with Crippen LogP contribution in [0.2, 0.25) is 0 Å². The summed E-state index contributed by atoms with van der Waals surface area (Å²) in [5, 5.41) is 16.9. The van der Waals surface area contributed by atoms with Gasteiger partial charge in [0, 0.05) is 24.1 Å². The predicted molar refractivity (Wildman–Crippen MR) is 137 cm³/mol. The Hall–Kier alpha value is -1.72. The van der Waals surface area contributed by atoms with E-state index in [0.29, 0.717) is 37.4 Å². The molecule has 8 atom stereocenters. The van der Waals surface area contributed by atoms with Gasteiger partial charge in [0.05, 0.1) is 24.3 Å². The highest BCUT2D eigenvalue weighted by atomic mass is 16.5. The van der Waals surface area contributed by atoms with Gasteiger partial charge in [0.1, 0.15) is 0 Å². The molecule has 4 saturated carbocycles. The van der Waals surface area contributed by atoms with Crippen molar-refractivity contribution in [3.05, 3.63) is 30.5 Å². The van der Waals surface area contributed by atoms with Gasteiger partial charge in [-0.2, -0.15) is 5.10 Å². The van der Waals surface area contributed by atoms with Crippen molar-refractivity contribution >= 4 is 16.7 Å². The number of benzene rings is 1. The number of carbonyl (C=O) groups excluding carboxylic acids is 1. The molecule has 1 aromatic carbocycles. The molecule has 1 heterocycles. The minimum absolute atomic E-state index is 0.141. The third kappa shape index (κ3) is 4.07. The van der Waals surface area contributed by atoms with Gasteiger partial charge >= 0.3 is 0 Å². The molecule has 0 bridgehead atoms. The number of carbonyl (C=O) groups is 1. The van der Waals surface area contributed by atoms with Gasteiger partial charge in [-0.05, 0) is 106 Å². The van der Waals surface area contributed by atoms with E-state index < -0.39 is 5.60 Å². The van der Waals surface area contributed by atoms with Crippen molar-refractivity contribution in [1.29, 1.82) is 0 Å². The Morgan fingerprint density at radius 1 is 1.09 bits per heavy atom. The van der Waals surface area contributed by atoms with Gasteiger partial charge in [-0.3, -0.25) is 9.48 Å². The van der Waals surface area contributed by atoms with E-state index >= 15 is 0 Å². The number of hydrogen-bond donors (Lipinski definition) is 1. The van der Waals surface area contributed by atoms with Crippen molar-refractivity contribution in [2.45, 2.75) is 83.8 Å². The normalized spacial score (nSPS) is 40.8. The van der Waals surface area contributed by atoms with Gasteiger partial charge in [0.15, 0.2) is 5.78 Å². The van der Waals surface area contributed by atoms with Crippen LogP contribution in [-0.4, -0.2) is 39.5 Å². The molecular formula is C30H42N2O3. The Labute approximate surface area is 209 Å². The molecule has 0 radical (unpaired) electrons. The molecule has 0 spiro atoms. The molecule has 5 heteroatoms. The molecule has 0 unspecified atom stereocenters. The molecule has 4 aliphatic carbocycles. The van der Waals surface area contributed by atoms with Gasteiger partial charge in [0.2, 0.25) is 0 Å². The number of aromatic nitrogens is 2. The van der Waals surface area contributed by atoms with E-state index in [0.717, 1.165) is 54.3 Å². The molecule has 35 heavy (non-hydrogen) atoms. The molecular weight excluding hydrogens is 436 g/mol. The maximum Gasteiger partial charge on any atom is 0.157 e. The molecule has 4 aliphatic rings. The maximum atomic E-state index is 13.6. The fourth-order valence-electron chi connectivity index (χ4n) is 9.28. The Bertz CT molecular complexity index is 1050. The van der Waals surface area contributed by atoms with E-state index in [2.05, 4.69) is 18.1 Å². The Morgan fingerprint density at radius 2 is 1.91 bits per heavy atom. The van der Waals surface area contributed by atoms with Crippen molar-refractivity contribution in [3.63, 3.8) is 0 Å². The van der Waals surface area contributed by atoms with Crippen LogP contribution in [0.5, 0.6) is 0 Å². The smallest absolute Gasteiger partial charge is 0.157 e. The van der Waals surface area contributed by atoms with E-state index in [1.807, 2.05) is 36.0 Å². The summed E-state index contributed by atoms with van der Waals surface area (Å²) in [5.74, 6) is 4.18. The Kier molecular flexibility index (Phi) is 6.08. The second-order valence-corrected chi connectivity index (χ2v) is 12.6. The molecule has 0 saturated heterocycles. The zero-order valence-corrected chi connectivity index (χ0v) is 21.5. The van der Waals surface area contributed by atoms with Crippen molar-refractivity contribution in [1.82, 2.24) is 9.78 Å². The number of aliphatic hydroxyl groups is 1. The first-order valence-corrected chi connectivity index (χ1v) is 14.2. The van der Waals surface area contributed by atoms with Gasteiger partial charge in [-0.25, -0.2) is 0 Å². The number of ether oxygens (including phenoxy) is 1. The topological polar surface area (TPSA) is 64.3 Å². The van der Waals surface area contributed by atoms with E-state index in [-0.39, 0.29) is 11.3 Å². The van der Waals surface area contributed by atoms with Crippen LogP contribution in [0, 0.1) is 40.9 Å². The minimum atomic E-state index is -0.616. The molecule has 0 aliphatic heterocycles. The lowest BCUT2D eigenvalue weighted by molar-refractivity contribution is -0.138. The first-order valence-electron chi connectivity index (χ1n) is 14.2. The summed E-state index contributed by atoms with van der Waals surface area (Å²) in [6.45, 7) is 6.03. The Balaban J connectivity index is 1.14. The quantitative estimate of drug-likeness (QED) is 0.583. The van der Waals surface area contributed by atoms with E-state index in [4.69, 9.17) is 4.74 Å². The third-order valence-corrected chi connectivity index (χ3v) is 10.8. The van der Waals surface area contributed by atoms with Crippen LogP contribution in [0.4, 0.5) is 0 Å². The highest BCUT2D eigenvalue weighted by molar-refractivity contribution is 5.83. The largest absolute Gasteiger partial charge is 0.387 e. The fourth-order valence-corrected chi connectivity index (χ4v) is 9.28. The van der Waals surface area contributed by atoms with E-state index in [1.165, 1.54) is 32.1 Å². The van der Waals surface area contributed by atoms with Gasteiger partial charge in [-0.15, -0.1) is 0 Å². The zero-order chi connectivity index (χ0) is 24.2. The fraction of sp³-hybridized carbons (Fsp3) is 0.733. The molecule has 2 aromatic rings. The first kappa shape index (κ1) is 23.7. The minimum Gasteiger partial charge on any atom is -0.387 e. The lowest BCUT2D eigenvalue weighted by atomic mass is 9.49. The molecule has 5 nitrogen and oxygen atoms in total. The summed E-state index contributed by atoms with van der Waals surface area (Å²) in [4.78, 5) is 13.6. The number of rotatable bonds is 6. The number of fused-ring (bicyclic) bond motifs is 6. The van der Waals surface area contributed by atoms with Gasteiger partial charge in [-0.1, -0.05) is 25.1 Å². The molecule has 6 rings (SSSR count). The summed E-state index contributed by atoms with van der Waals surface area (Å²) in [5.41, 5.74) is 0.492. The van der Waals surface area contributed by atoms with Gasteiger partial charge < -0.3 is 9.84 Å².